The van der Waals surface area contributed by atoms with Crippen LogP contribution >= 0.6 is 0 Å². The van der Waals surface area contributed by atoms with Crippen LogP contribution in [0.3, 0.4) is 0 Å². The van der Waals surface area contributed by atoms with Gasteiger partial charge in [-0.05, 0) is 74.3 Å². The molecule has 1 N–H and O–H groups in total. The zero-order valence-corrected chi connectivity index (χ0v) is 24.6. The van der Waals surface area contributed by atoms with Crippen LogP contribution in [0.15, 0.2) is 73.1 Å². The van der Waals surface area contributed by atoms with E-state index in [1.54, 1.807) is 13.3 Å². The van der Waals surface area contributed by atoms with Crippen LogP contribution in [-0.2, 0) is 13.1 Å². The molecule has 4 heterocycles. The van der Waals surface area contributed by atoms with Crippen LogP contribution in [0.5, 0.6) is 5.75 Å². The first-order valence-electron chi connectivity index (χ1n) is 15.2. The molecule has 2 aliphatic rings. The van der Waals surface area contributed by atoms with Gasteiger partial charge >= 0.3 is 0 Å². The normalized spacial score (nSPS) is 20.1. The Kier molecular flexibility index (Phi) is 8.38. The number of ketones is 1. The van der Waals surface area contributed by atoms with Crippen molar-refractivity contribution in [1.29, 1.82) is 0 Å². The number of aromatic nitrogens is 2. The Morgan fingerprint density at radius 3 is 2.50 bits per heavy atom. The number of pyridine rings is 1. The number of methoxy groups -OCH3 is 1. The van der Waals surface area contributed by atoms with Crippen molar-refractivity contribution < 1.29 is 14.3 Å². The minimum Gasteiger partial charge on any atom is -0.495 e. The van der Waals surface area contributed by atoms with Crippen LogP contribution in [0.25, 0.3) is 10.9 Å². The van der Waals surface area contributed by atoms with E-state index < -0.39 is 0 Å². The van der Waals surface area contributed by atoms with Gasteiger partial charge in [0.2, 0.25) is 0 Å². The molecular weight excluding hydrogens is 524 g/mol. The van der Waals surface area contributed by atoms with Gasteiger partial charge in [-0.3, -0.25) is 19.5 Å². The highest BCUT2D eigenvalue weighted by Gasteiger charge is 2.40. The van der Waals surface area contributed by atoms with E-state index in [-0.39, 0.29) is 11.7 Å². The number of aryl methyl sites for hydroxylation is 2. The summed E-state index contributed by atoms with van der Waals surface area (Å²) in [5.41, 5.74) is 4.52. The van der Waals surface area contributed by atoms with E-state index >= 15 is 0 Å². The van der Waals surface area contributed by atoms with Gasteiger partial charge in [0, 0.05) is 55.9 Å². The summed E-state index contributed by atoms with van der Waals surface area (Å²) in [7, 11) is 1.68. The van der Waals surface area contributed by atoms with Crippen LogP contribution < -0.4 is 10.1 Å². The second-order valence-corrected chi connectivity index (χ2v) is 11.9. The predicted molar refractivity (Wildman–Crippen MR) is 165 cm³/mol. The summed E-state index contributed by atoms with van der Waals surface area (Å²) < 4.78 is 7.92. The Morgan fingerprint density at radius 2 is 1.76 bits per heavy atom. The van der Waals surface area contributed by atoms with E-state index in [0.717, 1.165) is 54.6 Å². The fourth-order valence-electron chi connectivity index (χ4n) is 7.16. The van der Waals surface area contributed by atoms with Crippen molar-refractivity contribution in [3.8, 4) is 5.75 Å². The number of piperidine rings is 1. The average molecular weight is 565 g/mol. The maximum absolute atomic E-state index is 13.4. The molecule has 7 heteroatoms. The fraction of sp³-hybridized carbons (Fsp3) is 0.400. The number of benzene rings is 2. The number of nitrogens with zero attached hydrogens (tertiary/aromatic N) is 3. The summed E-state index contributed by atoms with van der Waals surface area (Å²) in [5, 5.41) is 4.04. The van der Waals surface area contributed by atoms with Crippen LogP contribution in [-0.4, -0.2) is 51.9 Å². The van der Waals surface area contributed by atoms with Gasteiger partial charge in [-0.2, -0.15) is 0 Å². The highest BCUT2D eigenvalue weighted by atomic mass is 16.5. The monoisotopic (exact) mass is 564 g/mol. The number of fused-ring (bicyclic) bond motifs is 3. The molecule has 2 saturated heterocycles. The molecule has 3 atom stereocenters. The Labute approximate surface area is 247 Å². The van der Waals surface area contributed by atoms with E-state index in [1.165, 1.54) is 18.4 Å². The number of para-hydroxylation sites is 1. The smallest absolute Gasteiger partial charge is 0.253 e. The first kappa shape index (κ1) is 28.2. The molecule has 2 fully saturated rings. The largest absolute Gasteiger partial charge is 0.495 e. The molecule has 2 aliphatic heterocycles. The lowest BCUT2D eigenvalue weighted by Gasteiger charge is -2.39. The molecule has 1 amide bonds. The topological polar surface area (TPSA) is 76.5 Å². The molecule has 0 saturated carbocycles. The molecule has 4 aromatic rings. The Bertz CT molecular complexity index is 1550. The number of hydrogen-bond donors (Lipinski definition) is 1. The minimum atomic E-state index is -0.0735. The number of carbonyl (C=O) groups excluding carboxylic acids is 2. The van der Waals surface area contributed by atoms with Crippen molar-refractivity contribution in [1.82, 2.24) is 19.8 Å². The molecule has 6 rings (SSSR count). The lowest BCUT2D eigenvalue weighted by molar-refractivity contribution is 0.0803. The summed E-state index contributed by atoms with van der Waals surface area (Å²) in [4.78, 5) is 33.1. The average Bonchev–Trinajstić information content (AvgIpc) is 3.50. The number of carbonyl (C=O) groups is 2. The summed E-state index contributed by atoms with van der Waals surface area (Å²) in [5.74, 6) is 1.31. The van der Waals surface area contributed by atoms with Gasteiger partial charge in [0.05, 0.1) is 18.2 Å². The van der Waals surface area contributed by atoms with Gasteiger partial charge in [-0.25, -0.2) is 0 Å². The van der Waals surface area contributed by atoms with Crippen molar-refractivity contribution in [2.24, 2.45) is 5.92 Å². The van der Waals surface area contributed by atoms with Gasteiger partial charge in [-0.15, -0.1) is 0 Å². The van der Waals surface area contributed by atoms with E-state index in [4.69, 9.17) is 4.74 Å². The van der Waals surface area contributed by atoms with E-state index in [0.29, 0.717) is 42.2 Å². The van der Waals surface area contributed by atoms with Crippen molar-refractivity contribution >= 4 is 22.6 Å². The van der Waals surface area contributed by atoms with Gasteiger partial charge in [0.25, 0.3) is 5.91 Å². The molecule has 218 valence electrons. The number of Topliss-reactive ketones (excluding diaryl/α,β-unsaturated/α-hetero) is 1. The number of ether oxygens (including phenoxy) is 1. The highest BCUT2D eigenvalue weighted by Crippen LogP contribution is 2.40. The zero-order valence-electron chi connectivity index (χ0n) is 24.6. The first-order chi connectivity index (χ1) is 20.5. The van der Waals surface area contributed by atoms with Gasteiger partial charge in [0.1, 0.15) is 11.4 Å². The molecule has 7 nitrogen and oxygen atoms in total. The lowest BCUT2D eigenvalue weighted by Crippen LogP contribution is -2.43. The second kappa shape index (κ2) is 12.5. The van der Waals surface area contributed by atoms with Crippen LogP contribution in [0.1, 0.15) is 70.5 Å². The van der Waals surface area contributed by atoms with E-state index in [1.807, 2.05) is 54.7 Å². The maximum atomic E-state index is 13.4. The summed E-state index contributed by atoms with van der Waals surface area (Å²) in [6.45, 7) is 4.38. The quantitative estimate of drug-likeness (QED) is 0.220. The third-order valence-corrected chi connectivity index (χ3v) is 9.25. The summed E-state index contributed by atoms with van der Waals surface area (Å²) in [6, 6.07) is 20.7. The van der Waals surface area contributed by atoms with E-state index in [2.05, 4.69) is 38.8 Å². The number of rotatable bonds is 11. The van der Waals surface area contributed by atoms with Crippen molar-refractivity contribution in [2.45, 2.75) is 70.6 Å². The van der Waals surface area contributed by atoms with Crippen LogP contribution in [0.4, 0.5) is 0 Å². The number of nitrogens with one attached hydrogen (secondary N) is 1. The molecule has 0 spiro atoms. The van der Waals surface area contributed by atoms with Crippen molar-refractivity contribution in [2.75, 3.05) is 13.7 Å². The molecule has 2 aromatic heterocycles. The minimum absolute atomic E-state index is 0.0735. The molecule has 0 unspecified atom stereocenters. The summed E-state index contributed by atoms with van der Waals surface area (Å²) >= 11 is 0. The van der Waals surface area contributed by atoms with Gasteiger partial charge in [-0.1, -0.05) is 42.5 Å². The first-order valence-corrected chi connectivity index (χ1v) is 15.2. The van der Waals surface area contributed by atoms with Crippen molar-refractivity contribution in [3.05, 3.63) is 95.4 Å². The molecule has 2 aromatic carbocycles. The Balaban J connectivity index is 1.10. The molecule has 0 radical (unpaired) electrons. The Hall–Kier alpha value is -3.97. The second-order valence-electron chi connectivity index (χ2n) is 11.9. The predicted octanol–water partition coefficient (Wildman–Crippen LogP) is 6.19. The van der Waals surface area contributed by atoms with Gasteiger partial charge in [0.15, 0.2) is 5.78 Å². The lowest BCUT2D eigenvalue weighted by atomic mass is 9.86. The molecule has 2 bridgehead atoms. The molecular formula is C35H40N4O3. The maximum Gasteiger partial charge on any atom is 0.253 e. The van der Waals surface area contributed by atoms with Crippen LogP contribution in [0, 0.1) is 12.8 Å². The number of hydrogen-bond acceptors (Lipinski definition) is 5. The highest BCUT2D eigenvalue weighted by molar-refractivity contribution is 6.08. The standard InChI is InChI=1S/C35H40N4O3/c1-24-9-3-4-10-26(24)22-37-35(41)30-23-38(34-29(30)11-7-13-33(34)42-2)17-8-18-39-27-14-15-28(39)20-25(19-27)21-32(40)31-12-5-6-16-36-31/h3-7,9-13,16,23,25,27-28H,8,14-15,17-22H2,1-2H3,(H,37,41)/t25-,27-,28+. The third kappa shape index (κ3) is 5.84. The Morgan fingerprint density at radius 1 is 0.976 bits per heavy atom. The van der Waals surface area contributed by atoms with Crippen molar-refractivity contribution in [3.63, 3.8) is 0 Å². The van der Waals surface area contributed by atoms with E-state index in [9.17, 15) is 9.59 Å². The summed E-state index contributed by atoms with van der Waals surface area (Å²) in [6.07, 6.45) is 9.86. The fourth-order valence-corrected chi connectivity index (χ4v) is 7.16. The number of amides is 1. The van der Waals surface area contributed by atoms with Crippen LogP contribution in [0.2, 0.25) is 0 Å². The van der Waals surface area contributed by atoms with Gasteiger partial charge < -0.3 is 14.6 Å². The zero-order chi connectivity index (χ0) is 29.1. The molecule has 0 aliphatic carbocycles. The molecule has 42 heavy (non-hydrogen) atoms. The third-order valence-electron chi connectivity index (χ3n) is 9.25. The SMILES string of the molecule is COc1cccc2c(C(=O)NCc3ccccc3C)cn(CCCN3[C@@H]4CC[C@H]3C[C@H](CC(=O)c3ccccn3)C4)c12.